The van der Waals surface area contributed by atoms with Crippen LogP contribution < -0.4 is 5.32 Å². The number of likely N-dealkylation sites (tertiary alicyclic amines) is 1. The molecule has 1 heterocycles. The van der Waals surface area contributed by atoms with E-state index in [0.717, 1.165) is 22.9 Å². The zero-order valence-corrected chi connectivity index (χ0v) is 14.6. The number of hydrogen-bond acceptors (Lipinski definition) is 3. The van der Waals surface area contributed by atoms with Crippen LogP contribution in [0.5, 0.6) is 0 Å². The van der Waals surface area contributed by atoms with E-state index in [1.807, 2.05) is 24.3 Å². The molecular formula is C17H18BrN3O3. The summed E-state index contributed by atoms with van der Waals surface area (Å²) in [4.78, 5) is 25.1. The number of amides is 2. The molecule has 0 aromatic heterocycles. The molecule has 2 aliphatic rings. The second kappa shape index (κ2) is 6.44. The van der Waals surface area contributed by atoms with Crippen molar-refractivity contribution in [2.24, 2.45) is 0 Å². The lowest BCUT2D eigenvalue weighted by Gasteiger charge is -2.33. The lowest BCUT2D eigenvalue weighted by atomic mass is 10.0. The van der Waals surface area contributed by atoms with Crippen molar-refractivity contribution in [1.29, 1.82) is 5.26 Å². The third kappa shape index (κ3) is 3.11. The molecule has 1 saturated heterocycles. The van der Waals surface area contributed by atoms with Crippen molar-refractivity contribution in [3.05, 3.63) is 34.3 Å². The maximum absolute atomic E-state index is 12.6. The van der Waals surface area contributed by atoms with Crippen LogP contribution >= 0.6 is 15.9 Å². The van der Waals surface area contributed by atoms with Gasteiger partial charge in [0.05, 0.1) is 6.07 Å². The molecule has 24 heavy (non-hydrogen) atoms. The molecule has 2 fully saturated rings. The predicted molar refractivity (Wildman–Crippen MR) is 90.4 cm³/mol. The molecule has 2 amide bonds. The molecule has 3 atom stereocenters. The van der Waals surface area contributed by atoms with Crippen molar-refractivity contribution in [2.75, 3.05) is 6.54 Å². The van der Waals surface area contributed by atoms with Gasteiger partial charge in [0.25, 0.3) is 0 Å². The highest BCUT2D eigenvalue weighted by Crippen LogP contribution is 2.51. The molecule has 126 valence electrons. The summed E-state index contributed by atoms with van der Waals surface area (Å²) in [6.45, 7) is 0.364. The number of rotatable bonds is 3. The first-order valence-corrected chi connectivity index (χ1v) is 8.74. The SMILES string of the molecule is N#C[C@@]1(NC(=O)C2CCCCN2C(=O)O)C[C@@H]1c1ccc(Br)cc1. The van der Waals surface area contributed by atoms with E-state index in [4.69, 9.17) is 0 Å². The topological polar surface area (TPSA) is 93.4 Å². The number of halogens is 1. The standard InChI is InChI=1S/C17H18BrN3O3/c18-12-6-4-11(5-7-12)13-9-17(13,10-19)20-15(22)14-3-1-2-8-21(14)16(23)24/h4-7,13-14H,1-3,8-9H2,(H,20,22)(H,23,24)/t13-,14?,17+/m1/s1. The van der Waals surface area contributed by atoms with Crippen LogP contribution in [0.3, 0.4) is 0 Å². The third-order valence-corrected chi connectivity index (χ3v) is 5.36. The lowest BCUT2D eigenvalue weighted by Crippen LogP contribution is -2.54. The quantitative estimate of drug-likeness (QED) is 0.827. The Morgan fingerprint density at radius 3 is 2.67 bits per heavy atom. The Hall–Kier alpha value is -2.07. The van der Waals surface area contributed by atoms with Gasteiger partial charge in [0.1, 0.15) is 11.6 Å². The van der Waals surface area contributed by atoms with Crippen LogP contribution in [0.2, 0.25) is 0 Å². The number of nitrogens with zero attached hydrogens (tertiary/aromatic N) is 2. The molecule has 1 unspecified atom stereocenters. The summed E-state index contributed by atoms with van der Waals surface area (Å²) in [7, 11) is 0. The van der Waals surface area contributed by atoms with Gasteiger partial charge in [-0.3, -0.25) is 9.69 Å². The van der Waals surface area contributed by atoms with Crippen molar-refractivity contribution in [3.63, 3.8) is 0 Å². The van der Waals surface area contributed by atoms with Crippen LogP contribution in [0.1, 0.15) is 37.2 Å². The van der Waals surface area contributed by atoms with Gasteiger partial charge in [0, 0.05) is 16.9 Å². The van der Waals surface area contributed by atoms with Crippen molar-refractivity contribution in [3.8, 4) is 6.07 Å². The summed E-state index contributed by atoms with van der Waals surface area (Å²) in [5.74, 6) is -0.417. The minimum Gasteiger partial charge on any atom is -0.465 e. The maximum Gasteiger partial charge on any atom is 0.407 e. The Balaban J connectivity index is 1.72. The Morgan fingerprint density at radius 2 is 2.04 bits per heavy atom. The van der Waals surface area contributed by atoms with Crippen molar-refractivity contribution in [2.45, 2.75) is 43.2 Å². The molecular weight excluding hydrogens is 374 g/mol. The fourth-order valence-corrected chi connectivity index (χ4v) is 3.65. The van der Waals surface area contributed by atoms with E-state index in [2.05, 4.69) is 27.3 Å². The number of piperidine rings is 1. The molecule has 0 radical (unpaired) electrons. The van der Waals surface area contributed by atoms with E-state index in [1.54, 1.807) is 0 Å². The fourth-order valence-electron chi connectivity index (χ4n) is 3.39. The van der Waals surface area contributed by atoms with Crippen LogP contribution in [-0.4, -0.2) is 40.1 Å². The van der Waals surface area contributed by atoms with Gasteiger partial charge < -0.3 is 10.4 Å². The Kier molecular flexibility index (Phi) is 4.50. The number of nitrogens with one attached hydrogen (secondary N) is 1. The molecule has 1 saturated carbocycles. The van der Waals surface area contributed by atoms with Crippen LogP contribution in [0.4, 0.5) is 4.79 Å². The first-order chi connectivity index (χ1) is 11.5. The van der Waals surface area contributed by atoms with Crippen LogP contribution in [0.25, 0.3) is 0 Å². The largest absolute Gasteiger partial charge is 0.465 e. The highest BCUT2D eigenvalue weighted by atomic mass is 79.9. The van der Waals surface area contributed by atoms with Crippen LogP contribution in [0, 0.1) is 11.3 Å². The molecule has 1 aromatic carbocycles. The van der Waals surface area contributed by atoms with Gasteiger partial charge in [0.2, 0.25) is 5.91 Å². The first-order valence-electron chi connectivity index (χ1n) is 7.95. The number of benzene rings is 1. The van der Waals surface area contributed by atoms with Gasteiger partial charge in [-0.15, -0.1) is 0 Å². The number of nitriles is 1. The molecule has 6 nitrogen and oxygen atoms in total. The van der Waals surface area contributed by atoms with Gasteiger partial charge in [-0.2, -0.15) is 5.26 Å². The van der Waals surface area contributed by atoms with Gasteiger partial charge in [-0.1, -0.05) is 28.1 Å². The second-order valence-electron chi connectivity index (χ2n) is 6.37. The van der Waals surface area contributed by atoms with E-state index >= 15 is 0 Å². The van der Waals surface area contributed by atoms with E-state index < -0.39 is 17.7 Å². The smallest absolute Gasteiger partial charge is 0.407 e. The van der Waals surface area contributed by atoms with Crippen molar-refractivity contribution >= 4 is 27.9 Å². The molecule has 7 heteroatoms. The fraction of sp³-hybridized carbons (Fsp3) is 0.471. The van der Waals surface area contributed by atoms with E-state index in [9.17, 15) is 20.0 Å². The number of carbonyl (C=O) groups is 2. The number of carboxylic acid groups (broad SMARTS) is 1. The van der Waals surface area contributed by atoms with Crippen molar-refractivity contribution in [1.82, 2.24) is 10.2 Å². The zero-order chi connectivity index (χ0) is 17.3. The molecule has 0 spiro atoms. The highest BCUT2D eigenvalue weighted by molar-refractivity contribution is 9.10. The summed E-state index contributed by atoms with van der Waals surface area (Å²) in [6.07, 6.45) is 1.55. The van der Waals surface area contributed by atoms with Gasteiger partial charge >= 0.3 is 6.09 Å². The minimum absolute atomic E-state index is 0.0542. The van der Waals surface area contributed by atoms with Crippen LogP contribution in [-0.2, 0) is 4.79 Å². The summed E-state index contributed by atoms with van der Waals surface area (Å²) in [5, 5.41) is 21.6. The highest BCUT2D eigenvalue weighted by Gasteiger charge is 2.57. The van der Waals surface area contributed by atoms with E-state index in [0.29, 0.717) is 19.4 Å². The average molecular weight is 392 g/mol. The van der Waals surface area contributed by atoms with Gasteiger partial charge in [-0.25, -0.2) is 4.79 Å². The van der Waals surface area contributed by atoms with E-state index in [-0.39, 0.29) is 11.8 Å². The van der Waals surface area contributed by atoms with Crippen LogP contribution in [0.15, 0.2) is 28.7 Å². The van der Waals surface area contributed by atoms with Gasteiger partial charge in [-0.05, 0) is 43.4 Å². The van der Waals surface area contributed by atoms with Gasteiger partial charge in [0.15, 0.2) is 0 Å². The van der Waals surface area contributed by atoms with E-state index in [1.165, 1.54) is 4.90 Å². The Morgan fingerprint density at radius 1 is 1.33 bits per heavy atom. The average Bonchev–Trinajstić information content (AvgIpc) is 3.30. The Labute approximate surface area is 148 Å². The minimum atomic E-state index is -1.08. The zero-order valence-electron chi connectivity index (χ0n) is 13.0. The number of carbonyl (C=O) groups excluding carboxylic acids is 1. The lowest BCUT2D eigenvalue weighted by molar-refractivity contribution is -0.127. The first kappa shape index (κ1) is 16.8. The Bertz CT molecular complexity index is 700. The maximum atomic E-state index is 12.6. The molecule has 1 aromatic rings. The molecule has 1 aliphatic carbocycles. The monoisotopic (exact) mass is 391 g/mol. The third-order valence-electron chi connectivity index (χ3n) is 4.83. The normalized spacial score (nSPS) is 28.8. The molecule has 2 N–H and O–H groups in total. The summed E-state index contributed by atoms with van der Waals surface area (Å²) in [5.41, 5.74) is 0.0748. The second-order valence-corrected chi connectivity index (χ2v) is 7.28. The summed E-state index contributed by atoms with van der Waals surface area (Å²) in [6, 6.07) is 9.20. The summed E-state index contributed by atoms with van der Waals surface area (Å²) >= 11 is 3.38. The molecule has 0 bridgehead atoms. The molecule has 3 rings (SSSR count). The number of hydrogen-bond donors (Lipinski definition) is 2. The van der Waals surface area contributed by atoms with Crippen molar-refractivity contribution < 1.29 is 14.7 Å². The predicted octanol–water partition coefficient (Wildman–Crippen LogP) is 2.85. The summed E-state index contributed by atoms with van der Waals surface area (Å²) < 4.78 is 0.956. The molecule has 1 aliphatic heterocycles.